The molecule has 0 aliphatic carbocycles. The number of esters is 1. The third-order valence-electron chi connectivity index (χ3n) is 4.52. The maximum absolute atomic E-state index is 13.1. The minimum atomic E-state index is -1.36. The molecule has 24 heavy (non-hydrogen) atoms. The Bertz CT molecular complexity index is 700. The lowest BCUT2D eigenvalue weighted by Crippen LogP contribution is -2.69. The number of carbonyl (C=O) groups is 3. The normalized spacial score (nSPS) is 22.7. The first kappa shape index (κ1) is 16.5. The predicted molar refractivity (Wildman–Crippen MR) is 88.4 cm³/mol. The van der Waals surface area contributed by atoms with Gasteiger partial charge in [-0.1, -0.05) is 26.0 Å². The molecule has 1 atom stereocenters. The number of hydrogen-bond donors (Lipinski definition) is 0. The Balaban J connectivity index is 2.22. The second-order valence-corrected chi connectivity index (χ2v) is 6.59. The highest BCUT2D eigenvalue weighted by molar-refractivity contribution is 6.15. The summed E-state index contributed by atoms with van der Waals surface area (Å²) in [4.78, 5) is 41.6. The fourth-order valence-electron chi connectivity index (χ4n) is 3.61. The Labute approximate surface area is 141 Å². The Morgan fingerprint density at radius 2 is 2.00 bits per heavy atom. The summed E-state index contributed by atoms with van der Waals surface area (Å²) >= 11 is 0. The van der Waals surface area contributed by atoms with Crippen LogP contribution in [0, 0.1) is 5.92 Å². The quantitative estimate of drug-likeness (QED) is 0.794. The van der Waals surface area contributed by atoms with Gasteiger partial charge in [-0.15, -0.1) is 0 Å². The van der Waals surface area contributed by atoms with Crippen molar-refractivity contribution in [3.63, 3.8) is 0 Å². The minimum Gasteiger partial charge on any atom is -0.463 e. The van der Waals surface area contributed by atoms with E-state index in [0.29, 0.717) is 17.8 Å². The van der Waals surface area contributed by atoms with Crippen molar-refractivity contribution in [2.24, 2.45) is 5.92 Å². The lowest BCUT2D eigenvalue weighted by atomic mass is 9.95. The fourth-order valence-corrected chi connectivity index (χ4v) is 3.61. The average molecular weight is 330 g/mol. The smallest absolute Gasteiger partial charge is 0.353 e. The zero-order chi connectivity index (χ0) is 17.5. The van der Waals surface area contributed by atoms with E-state index < -0.39 is 11.6 Å². The molecule has 0 saturated carbocycles. The van der Waals surface area contributed by atoms with Crippen LogP contribution >= 0.6 is 0 Å². The summed E-state index contributed by atoms with van der Waals surface area (Å²) < 4.78 is 5.28. The van der Waals surface area contributed by atoms with E-state index in [2.05, 4.69) is 0 Å². The largest absolute Gasteiger partial charge is 0.463 e. The van der Waals surface area contributed by atoms with Crippen LogP contribution in [0.15, 0.2) is 24.3 Å². The van der Waals surface area contributed by atoms with Gasteiger partial charge in [0.25, 0.3) is 5.91 Å². The van der Waals surface area contributed by atoms with Gasteiger partial charge in [0.15, 0.2) is 0 Å². The van der Waals surface area contributed by atoms with Crippen molar-refractivity contribution in [3.05, 3.63) is 29.8 Å². The maximum Gasteiger partial charge on any atom is 0.353 e. The molecule has 128 valence electrons. The summed E-state index contributed by atoms with van der Waals surface area (Å²) in [5.74, 6) is -0.752. The number of para-hydroxylation sites is 1. The van der Waals surface area contributed by atoms with E-state index in [4.69, 9.17) is 4.74 Å². The van der Waals surface area contributed by atoms with Gasteiger partial charge in [-0.2, -0.15) is 0 Å². The second-order valence-electron chi connectivity index (χ2n) is 6.59. The topological polar surface area (TPSA) is 66.9 Å². The van der Waals surface area contributed by atoms with Crippen molar-refractivity contribution in [1.82, 2.24) is 4.90 Å². The number of anilines is 1. The monoisotopic (exact) mass is 330 g/mol. The van der Waals surface area contributed by atoms with Crippen molar-refractivity contribution in [3.8, 4) is 0 Å². The third-order valence-corrected chi connectivity index (χ3v) is 4.52. The van der Waals surface area contributed by atoms with Gasteiger partial charge in [-0.25, -0.2) is 4.79 Å². The van der Waals surface area contributed by atoms with E-state index in [1.807, 2.05) is 13.8 Å². The Morgan fingerprint density at radius 1 is 1.29 bits per heavy atom. The fraction of sp³-hybridized carbons (Fsp3) is 0.500. The van der Waals surface area contributed by atoms with Crippen LogP contribution in [0.5, 0.6) is 0 Å². The lowest BCUT2D eigenvalue weighted by Gasteiger charge is -2.48. The van der Waals surface area contributed by atoms with Crippen LogP contribution in [0.1, 0.15) is 44.0 Å². The number of benzene rings is 1. The van der Waals surface area contributed by atoms with Gasteiger partial charge in [-0.3, -0.25) is 14.5 Å². The number of ether oxygens (including phenoxy) is 1. The molecule has 1 fully saturated rings. The summed E-state index contributed by atoms with van der Waals surface area (Å²) in [6, 6.07) is 6.96. The highest BCUT2D eigenvalue weighted by Crippen LogP contribution is 2.45. The van der Waals surface area contributed by atoms with Gasteiger partial charge < -0.3 is 9.64 Å². The van der Waals surface area contributed by atoms with Gasteiger partial charge in [0.2, 0.25) is 11.6 Å². The molecule has 0 radical (unpaired) electrons. The first-order chi connectivity index (χ1) is 11.4. The van der Waals surface area contributed by atoms with Gasteiger partial charge in [-0.05, 0) is 25.0 Å². The van der Waals surface area contributed by atoms with Gasteiger partial charge in [0, 0.05) is 19.4 Å². The molecule has 2 aliphatic heterocycles. The molecule has 0 spiro atoms. The summed E-state index contributed by atoms with van der Waals surface area (Å²) in [6.07, 6.45) is 0.479. The number of hydrogen-bond acceptors (Lipinski definition) is 4. The zero-order valence-electron chi connectivity index (χ0n) is 14.2. The highest BCUT2D eigenvalue weighted by Gasteiger charge is 2.61. The highest BCUT2D eigenvalue weighted by atomic mass is 16.5. The molecule has 2 heterocycles. The van der Waals surface area contributed by atoms with Crippen LogP contribution in [-0.2, 0) is 14.3 Å². The summed E-state index contributed by atoms with van der Waals surface area (Å²) in [6.45, 7) is 6.27. The first-order valence-corrected chi connectivity index (χ1v) is 8.34. The molecule has 6 nitrogen and oxygen atoms in total. The Kier molecular flexibility index (Phi) is 4.07. The summed E-state index contributed by atoms with van der Waals surface area (Å²) in [5, 5.41) is 0. The molecular weight excluding hydrogens is 308 g/mol. The van der Waals surface area contributed by atoms with Crippen molar-refractivity contribution >= 4 is 23.5 Å². The van der Waals surface area contributed by atoms with Crippen molar-refractivity contribution in [2.45, 2.75) is 39.3 Å². The van der Waals surface area contributed by atoms with Gasteiger partial charge in [0.05, 0.1) is 17.9 Å². The summed E-state index contributed by atoms with van der Waals surface area (Å²) in [5.41, 5.74) is -0.408. The Morgan fingerprint density at radius 3 is 2.67 bits per heavy atom. The van der Waals surface area contributed by atoms with Crippen LogP contribution < -0.4 is 4.90 Å². The van der Waals surface area contributed by atoms with Gasteiger partial charge >= 0.3 is 5.97 Å². The molecule has 3 rings (SSSR count). The number of rotatable bonds is 4. The minimum absolute atomic E-state index is 0.156. The molecule has 1 aromatic rings. The van der Waals surface area contributed by atoms with E-state index in [0.717, 1.165) is 0 Å². The predicted octanol–water partition coefficient (Wildman–Crippen LogP) is 2.18. The SMILES string of the molecule is CCOC(=O)[C@]12CCC(=O)N1c1ccccc1C(=O)N2CC(C)C. The zero-order valence-corrected chi connectivity index (χ0v) is 14.2. The van der Waals surface area contributed by atoms with Crippen molar-refractivity contribution < 1.29 is 19.1 Å². The number of amides is 2. The number of nitrogens with zero attached hydrogens (tertiary/aromatic N) is 2. The number of fused-ring (bicyclic) bond motifs is 3. The van der Waals surface area contributed by atoms with Crippen molar-refractivity contribution in [1.29, 1.82) is 0 Å². The summed E-state index contributed by atoms with van der Waals surface area (Å²) in [7, 11) is 0. The maximum atomic E-state index is 13.1. The van der Waals surface area contributed by atoms with Crippen molar-refractivity contribution in [2.75, 3.05) is 18.1 Å². The van der Waals surface area contributed by atoms with E-state index in [1.165, 1.54) is 9.80 Å². The molecular formula is C18H22N2O4. The lowest BCUT2D eigenvalue weighted by molar-refractivity contribution is -0.157. The molecule has 0 N–H and O–H groups in total. The van der Waals surface area contributed by atoms with Crippen LogP contribution in [0.2, 0.25) is 0 Å². The van der Waals surface area contributed by atoms with Crippen LogP contribution in [0.25, 0.3) is 0 Å². The second kappa shape index (κ2) is 5.92. The first-order valence-electron chi connectivity index (χ1n) is 8.34. The van der Waals surface area contributed by atoms with E-state index in [-0.39, 0.29) is 37.2 Å². The molecule has 2 amide bonds. The molecule has 0 bridgehead atoms. The van der Waals surface area contributed by atoms with Crippen LogP contribution in [0.3, 0.4) is 0 Å². The van der Waals surface area contributed by atoms with Crippen LogP contribution in [-0.4, -0.2) is 41.5 Å². The molecule has 1 aromatic carbocycles. The third kappa shape index (κ3) is 2.20. The van der Waals surface area contributed by atoms with E-state index in [1.54, 1.807) is 31.2 Å². The standard InChI is InChI=1S/C18H22N2O4/c1-4-24-17(23)18-10-9-15(21)20(18)14-8-6-5-7-13(14)16(22)19(18)11-12(2)3/h5-8,12H,4,9-11H2,1-3H3/t18-/m0/s1. The van der Waals surface area contributed by atoms with Gasteiger partial charge in [0.1, 0.15) is 0 Å². The molecule has 6 heteroatoms. The molecule has 0 unspecified atom stereocenters. The van der Waals surface area contributed by atoms with Crippen LogP contribution in [0.4, 0.5) is 5.69 Å². The Hall–Kier alpha value is -2.37. The molecule has 1 saturated heterocycles. The van der Waals surface area contributed by atoms with E-state index in [9.17, 15) is 14.4 Å². The van der Waals surface area contributed by atoms with E-state index >= 15 is 0 Å². The molecule has 0 aromatic heterocycles. The molecule has 2 aliphatic rings. The number of carbonyl (C=O) groups excluding carboxylic acids is 3. The average Bonchev–Trinajstić information content (AvgIpc) is 2.90.